The minimum Gasteiger partial charge on any atom is -0.357 e. The van der Waals surface area contributed by atoms with Crippen LogP contribution in [-0.2, 0) is 25.7 Å². The summed E-state index contributed by atoms with van der Waals surface area (Å²) < 4.78 is 40.0. The van der Waals surface area contributed by atoms with Crippen LogP contribution in [0.4, 0.5) is 13.2 Å². The highest BCUT2D eigenvalue weighted by Crippen LogP contribution is 2.29. The number of imidazole rings is 1. The van der Waals surface area contributed by atoms with Crippen LogP contribution in [0.2, 0.25) is 0 Å². The Morgan fingerprint density at radius 3 is 2.65 bits per heavy atom. The van der Waals surface area contributed by atoms with Crippen molar-refractivity contribution in [2.45, 2.75) is 32.6 Å². The molecule has 11 heteroatoms. The summed E-state index contributed by atoms with van der Waals surface area (Å²) in [6.45, 7) is 4.13. The number of aromatic nitrogens is 3. The number of nitrogens with zero attached hydrogens (tertiary/aromatic N) is 4. The van der Waals surface area contributed by atoms with Crippen LogP contribution >= 0.6 is 35.3 Å². The van der Waals surface area contributed by atoms with Crippen LogP contribution in [0.3, 0.4) is 0 Å². The molecule has 0 aliphatic rings. The Labute approximate surface area is 200 Å². The van der Waals surface area contributed by atoms with Gasteiger partial charge in [0.15, 0.2) is 11.7 Å². The summed E-state index contributed by atoms with van der Waals surface area (Å²) in [5.41, 5.74) is 0.334. The number of nitrogens with one attached hydrogen (secondary N) is 2. The number of thiazole rings is 1. The van der Waals surface area contributed by atoms with E-state index in [1.165, 1.54) is 5.56 Å². The van der Waals surface area contributed by atoms with Crippen LogP contribution in [0.15, 0.2) is 53.1 Å². The van der Waals surface area contributed by atoms with Crippen molar-refractivity contribution in [3.63, 3.8) is 0 Å². The Kier molecular flexibility index (Phi) is 9.75. The maximum absolute atomic E-state index is 12.6. The molecule has 2 heterocycles. The van der Waals surface area contributed by atoms with Crippen molar-refractivity contribution in [1.82, 2.24) is 25.2 Å². The van der Waals surface area contributed by atoms with Gasteiger partial charge in [-0.05, 0) is 12.5 Å². The number of guanidine groups is 1. The average Bonchev–Trinajstić information content (AvgIpc) is 3.36. The first-order chi connectivity index (χ1) is 14.5. The lowest BCUT2D eigenvalue weighted by Gasteiger charge is -2.11. The molecule has 0 saturated heterocycles. The van der Waals surface area contributed by atoms with E-state index in [0.717, 1.165) is 22.5 Å². The molecule has 0 saturated carbocycles. The molecular formula is C20H24F3IN6S. The summed E-state index contributed by atoms with van der Waals surface area (Å²) in [5.74, 6) is 1.41. The Balaban J connectivity index is 0.00000341. The molecule has 0 atom stereocenters. The van der Waals surface area contributed by atoms with Gasteiger partial charge >= 0.3 is 6.18 Å². The van der Waals surface area contributed by atoms with Gasteiger partial charge in [-0.15, -0.1) is 35.3 Å². The van der Waals surface area contributed by atoms with Gasteiger partial charge in [-0.1, -0.05) is 30.3 Å². The molecule has 0 bridgehead atoms. The first-order valence-electron chi connectivity index (χ1n) is 9.53. The predicted octanol–water partition coefficient (Wildman–Crippen LogP) is 4.32. The molecule has 3 rings (SSSR count). The minimum absolute atomic E-state index is 0. The maximum atomic E-state index is 12.6. The zero-order valence-corrected chi connectivity index (χ0v) is 20.0. The highest BCUT2D eigenvalue weighted by Gasteiger charge is 2.33. The van der Waals surface area contributed by atoms with Gasteiger partial charge < -0.3 is 15.2 Å². The van der Waals surface area contributed by atoms with Gasteiger partial charge in [0, 0.05) is 43.8 Å². The number of aliphatic imine (C=N–C) groups is 1. The molecule has 0 fully saturated rings. The summed E-state index contributed by atoms with van der Waals surface area (Å²) in [7, 11) is 0. The van der Waals surface area contributed by atoms with Crippen LogP contribution < -0.4 is 10.6 Å². The number of halogens is 4. The van der Waals surface area contributed by atoms with E-state index in [0.29, 0.717) is 43.6 Å². The predicted molar refractivity (Wildman–Crippen MR) is 127 cm³/mol. The molecule has 0 aliphatic carbocycles. The Morgan fingerprint density at radius 2 is 1.97 bits per heavy atom. The molecule has 2 aromatic heterocycles. The first kappa shape index (κ1) is 25.1. The fourth-order valence-electron chi connectivity index (χ4n) is 2.75. The van der Waals surface area contributed by atoms with Crippen molar-refractivity contribution in [2.75, 3.05) is 13.1 Å². The summed E-state index contributed by atoms with van der Waals surface area (Å²) >= 11 is 1.01. The van der Waals surface area contributed by atoms with Crippen molar-refractivity contribution in [1.29, 1.82) is 0 Å². The molecule has 0 amide bonds. The van der Waals surface area contributed by atoms with E-state index in [4.69, 9.17) is 0 Å². The quantitative estimate of drug-likeness (QED) is 0.243. The normalized spacial score (nSPS) is 11.8. The van der Waals surface area contributed by atoms with E-state index in [1.54, 1.807) is 6.20 Å². The lowest BCUT2D eigenvalue weighted by molar-refractivity contribution is -0.140. The molecule has 0 aliphatic heterocycles. The molecule has 2 N–H and O–H groups in total. The number of rotatable bonds is 8. The zero-order valence-electron chi connectivity index (χ0n) is 16.9. The Bertz CT molecular complexity index is 955. The summed E-state index contributed by atoms with van der Waals surface area (Å²) in [5, 5.41) is 7.75. The van der Waals surface area contributed by atoms with Gasteiger partial charge in [-0.2, -0.15) is 13.2 Å². The van der Waals surface area contributed by atoms with Gasteiger partial charge in [0.1, 0.15) is 12.4 Å². The van der Waals surface area contributed by atoms with Crippen molar-refractivity contribution in [3.05, 3.63) is 70.2 Å². The molecule has 0 radical (unpaired) electrons. The summed E-state index contributed by atoms with van der Waals surface area (Å²) in [6.07, 6.45) is -0.359. The summed E-state index contributed by atoms with van der Waals surface area (Å²) in [6, 6.07) is 10.1. The van der Waals surface area contributed by atoms with Crippen molar-refractivity contribution >= 4 is 41.3 Å². The monoisotopic (exact) mass is 564 g/mol. The molecular weight excluding hydrogens is 540 g/mol. The second-order valence-corrected chi connectivity index (χ2v) is 7.40. The first-order valence-corrected chi connectivity index (χ1v) is 10.4. The lowest BCUT2D eigenvalue weighted by atomic mass is 10.2. The Morgan fingerprint density at radius 1 is 1.19 bits per heavy atom. The molecule has 168 valence electrons. The zero-order chi connectivity index (χ0) is 21.4. The average molecular weight is 564 g/mol. The van der Waals surface area contributed by atoms with Crippen molar-refractivity contribution in [3.8, 4) is 0 Å². The largest absolute Gasteiger partial charge is 0.434 e. The number of hydrogen-bond acceptors (Lipinski definition) is 4. The van der Waals surface area contributed by atoms with E-state index < -0.39 is 11.9 Å². The van der Waals surface area contributed by atoms with Crippen molar-refractivity contribution in [2.24, 2.45) is 4.99 Å². The Hall–Kier alpha value is -2.15. The third-order valence-electron chi connectivity index (χ3n) is 4.19. The SMILES string of the molecule is CCNC(=NCc1nccn1Cc1ccccc1)NCCc1nc(C(F)(F)F)cs1.I. The van der Waals surface area contributed by atoms with Crippen LogP contribution in [-0.4, -0.2) is 33.6 Å². The molecule has 1 aromatic carbocycles. The van der Waals surface area contributed by atoms with Gasteiger partial charge in [0.2, 0.25) is 0 Å². The minimum atomic E-state index is -4.40. The van der Waals surface area contributed by atoms with E-state index in [1.807, 2.05) is 35.9 Å². The molecule has 31 heavy (non-hydrogen) atoms. The van der Waals surface area contributed by atoms with E-state index in [9.17, 15) is 13.2 Å². The topological polar surface area (TPSA) is 67.1 Å². The molecule has 6 nitrogen and oxygen atoms in total. The van der Waals surface area contributed by atoms with Crippen LogP contribution in [0.1, 0.15) is 29.0 Å². The van der Waals surface area contributed by atoms with Crippen molar-refractivity contribution < 1.29 is 13.2 Å². The molecule has 0 spiro atoms. The van der Waals surface area contributed by atoms with E-state index >= 15 is 0 Å². The highest BCUT2D eigenvalue weighted by atomic mass is 127. The van der Waals surface area contributed by atoms with Gasteiger partial charge in [-0.3, -0.25) is 0 Å². The van der Waals surface area contributed by atoms with Crippen LogP contribution in [0, 0.1) is 0 Å². The second-order valence-electron chi connectivity index (χ2n) is 6.45. The lowest BCUT2D eigenvalue weighted by Crippen LogP contribution is -2.38. The maximum Gasteiger partial charge on any atom is 0.434 e. The fraction of sp³-hybridized carbons (Fsp3) is 0.350. The van der Waals surface area contributed by atoms with Gasteiger partial charge in [-0.25, -0.2) is 15.0 Å². The highest BCUT2D eigenvalue weighted by molar-refractivity contribution is 14.0. The number of benzene rings is 1. The third kappa shape index (κ3) is 7.80. The second kappa shape index (κ2) is 12.0. The van der Waals surface area contributed by atoms with E-state index in [2.05, 4.69) is 37.7 Å². The molecule has 3 aromatic rings. The van der Waals surface area contributed by atoms with E-state index in [-0.39, 0.29) is 24.0 Å². The summed E-state index contributed by atoms with van der Waals surface area (Å²) in [4.78, 5) is 12.6. The number of alkyl halides is 3. The third-order valence-corrected chi connectivity index (χ3v) is 5.10. The standard InChI is InChI=1S/C20H23F3N6S.HI/c1-2-24-19(26-9-8-18-28-16(14-30-18)20(21,22)23)27-12-17-25-10-11-29(17)13-15-6-4-3-5-7-15;/h3-7,10-11,14H,2,8-9,12-13H2,1H3,(H2,24,26,27);1H. The van der Waals surface area contributed by atoms with Crippen LogP contribution in [0.5, 0.6) is 0 Å². The molecule has 0 unspecified atom stereocenters. The number of hydrogen-bond donors (Lipinski definition) is 2. The smallest absolute Gasteiger partial charge is 0.357 e. The van der Waals surface area contributed by atoms with Gasteiger partial charge in [0.05, 0.1) is 5.01 Å². The fourth-order valence-corrected chi connectivity index (χ4v) is 3.56. The van der Waals surface area contributed by atoms with Gasteiger partial charge in [0.25, 0.3) is 0 Å². The van der Waals surface area contributed by atoms with Crippen LogP contribution in [0.25, 0.3) is 0 Å².